The van der Waals surface area contributed by atoms with E-state index < -0.39 is 0 Å². The maximum absolute atomic E-state index is 4.46. The van der Waals surface area contributed by atoms with E-state index in [9.17, 15) is 0 Å². The highest BCUT2D eigenvalue weighted by Crippen LogP contribution is 2.19. The van der Waals surface area contributed by atoms with E-state index in [1.807, 2.05) is 0 Å². The number of aromatic nitrogens is 2. The van der Waals surface area contributed by atoms with Crippen molar-refractivity contribution in [3.05, 3.63) is 17.5 Å². The highest BCUT2D eigenvalue weighted by molar-refractivity contribution is 5.11. The SMILES string of the molecule is Cc1cc2n(n1)[C@H](C)CN(C)C2. The van der Waals surface area contributed by atoms with Crippen LogP contribution in [0.5, 0.6) is 0 Å². The topological polar surface area (TPSA) is 21.1 Å². The van der Waals surface area contributed by atoms with Crippen LogP contribution in [-0.2, 0) is 6.54 Å². The average molecular weight is 165 g/mol. The van der Waals surface area contributed by atoms with Crippen molar-refractivity contribution >= 4 is 0 Å². The van der Waals surface area contributed by atoms with Gasteiger partial charge in [0.1, 0.15) is 0 Å². The van der Waals surface area contributed by atoms with E-state index in [0.29, 0.717) is 6.04 Å². The van der Waals surface area contributed by atoms with Gasteiger partial charge in [-0.2, -0.15) is 5.10 Å². The van der Waals surface area contributed by atoms with Gasteiger partial charge < -0.3 is 0 Å². The van der Waals surface area contributed by atoms with Crippen molar-refractivity contribution in [3.8, 4) is 0 Å². The van der Waals surface area contributed by atoms with Gasteiger partial charge in [0.2, 0.25) is 0 Å². The Morgan fingerprint density at radius 3 is 3.08 bits per heavy atom. The van der Waals surface area contributed by atoms with E-state index >= 15 is 0 Å². The molecule has 0 N–H and O–H groups in total. The lowest BCUT2D eigenvalue weighted by atomic mass is 10.2. The minimum absolute atomic E-state index is 0.521. The molecule has 0 fully saturated rings. The summed E-state index contributed by atoms with van der Waals surface area (Å²) in [7, 11) is 2.16. The molecule has 0 amide bonds. The number of hydrogen-bond acceptors (Lipinski definition) is 2. The third-order valence-corrected chi connectivity index (χ3v) is 2.36. The van der Waals surface area contributed by atoms with E-state index in [-0.39, 0.29) is 0 Å². The number of aryl methyl sites for hydroxylation is 1. The molecule has 3 nitrogen and oxygen atoms in total. The third kappa shape index (κ3) is 1.14. The molecule has 1 aromatic rings. The molecular formula is C9H15N3. The van der Waals surface area contributed by atoms with E-state index in [1.165, 1.54) is 5.69 Å². The largest absolute Gasteiger partial charge is 0.298 e. The first-order valence-corrected chi connectivity index (χ1v) is 4.40. The molecule has 2 rings (SSSR count). The Kier molecular flexibility index (Phi) is 1.68. The molecule has 1 atom stereocenters. The van der Waals surface area contributed by atoms with Crippen LogP contribution in [0.1, 0.15) is 24.4 Å². The summed E-state index contributed by atoms with van der Waals surface area (Å²) >= 11 is 0. The monoisotopic (exact) mass is 165 g/mol. The molecule has 0 saturated carbocycles. The van der Waals surface area contributed by atoms with Gasteiger partial charge >= 0.3 is 0 Å². The maximum Gasteiger partial charge on any atom is 0.0621 e. The van der Waals surface area contributed by atoms with Gasteiger partial charge in [0.05, 0.1) is 17.4 Å². The number of likely N-dealkylation sites (N-methyl/N-ethyl adjacent to an activating group) is 1. The maximum atomic E-state index is 4.46. The Balaban J connectivity index is 2.40. The second-order valence-corrected chi connectivity index (χ2v) is 3.77. The van der Waals surface area contributed by atoms with Crippen molar-refractivity contribution in [2.24, 2.45) is 0 Å². The number of rotatable bonds is 0. The second kappa shape index (κ2) is 2.59. The Morgan fingerprint density at radius 2 is 2.33 bits per heavy atom. The fourth-order valence-corrected chi connectivity index (χ4v) is 1.94. The summed E-state index contributed by atoms with van der Waals surface area (Å²) in [5.41, 5.74) is 2.47. The van der Waals surface area contributed by atoms with Gasteiger partial charge in [-0.05, 0) is 27.0 Å². The van der Waals surface area contributed by atoms with Gasteiger partial charge in [-0.1, -0.05) is 0 Å². The molecular weight excluding hydrogens is 150 g/mol. The van der Waals surface area contributed by atoms with Crippen LogP contribution in [-0.4, -0.2) is 28.3 Å². The molecule has 0 unspecified atom stereocenters. The van der Waals surface area contributed by atoms with E-state index in [0.717, 1.165) is 18.8 Å². The zero-order chi connectivity index (χ0) is 8.72. The van der Waals surface area contributed by atoms with E-state index in [2.05, 4.69) is 41.6 Å². The minimum Gasteiger partial charge on any atom is -0.298 e. The van der Waals surface area contributed by atoms with Crippen molar-refractivity contribution in [3.63, 3.8) is 0 Å². The van der Waals surface area contributed by atoms with Gasteiger partial charge in [0, 0.05) is 13.1 Å². The van der Waals surface area contributed by atoms with E-state index in [1.54, 1.807) is 0 Å². The quantitative estimate of drug-likeness (QED) is 0.576. The van der Waals surface area contributed by atoms with Gasteiger partial charge in [0.15, 0.2) is 0 Å². The number of fused-ring (bicyclic) bond motifs is 1. The summed E-state index contributed by atoms with van der Waals surface area (Å²) in [6.07, 6.45) is 0. The number of nitrogens with zero attached hydrogens (tertiary/aromatic N) is 3. The molecule has 0 spiro atoms. The standard InChI is InChI=1S/C9H15N3/c1-7-4-9-6-11(3)5-8(2)12(9)10-7/h4,8H,5-6H2,1-3H3/t8-/m1/s1. The molecule has 0 aromatic carbocycles. The smallest absolute Gasteiger partial charge is 0.0621 e. The predicted molar refractivity (Wildman–Crippen MR) is 48.0 cm³/mol. The molecule has 1 aromatic heterocycles. The van der Waals surface area contributed by atoms with Crippen molar-refractivity contribution in [2.75, 3.05) is 13.6 Å². The first-order chi connectivity index (χ1) is 5.66. The first kappa shape index (κ1) is 7.80. The molecule has 0 aliphatic carbocycles. The third-order valence-electron chi connectivity index (χ3n) is 2.36. The summed E-state index contributed by atoms with van der Waals surface area (Å²) in [5, 5.41) is 4.46. The zero-order valence-corrected chi connectivity index (χ0v) is 7.91. The Labute approximate surface area is 73.0 Å². The van der Waals surface area contributed by atoms with Crippen molar-refractivity contribution in [2.45, 2.75) is 26.4 Å². The summed E-state index contributed by atoms with van der Waals surface area (Å²) in [6, 6.07) is 2.69. The lowest BCUT2D eigenvalue weighted by Crippen LogP contribution is -2.33. The summed E-state index contributed by atoms with van der Waals surface area (Å²) < 4.78 is 2.15. The van der Waals surface area contributed by atoms with Crippen LogP contribution in [0.25, 0.3) is 0 Å². The summed E-state index contributed by atoms with van der Waals surface area (Å²) in [4.78, 5) is 2.33. The minimum atomic E-state index is 0.521. The van der Waals surface area contributed by atoms with Crippen LogP contribution in [0.4, 0.5) is 0 Å². The van der Waals surface area contributed by atoms with Gasteiger partial charge in [-0.3, -0.25) is 9.58 Å². The molecule has 1 aliphatic rings. The fraction of sp³-hybridized carbons (Fsp3) is 0.667. The highest BCUT2D eigenvalue weighted by atomic mass is 15.4. The van der Waals surface area contributed by atoms with Crippen molar-refractivity contribution < 1.29 is 0 Å². The number of hydrogen-bond donors (Lipinski definition) is 0. The van der Waals surface area contributed by atoms with Gasteiger partial charge in [-0.15, -0.1) is 0 Å². The van der Waals surface area contributed by atoms with Crippen LogP contribution in [0, 0.1) is 6.92 Å². The molecule has 3 heteroatoms. The molecule has 0 saturated heterocycles. The zero-order valence-electron chi connectivity index (χ0n) is 7.91. The van der Waals surface area contributed by atoms with Crippen LogP contribution in [0.3, 0.4) is 0 Å². The van der Waals surface area contributed by atoms with Crippen LogP contribution in [0.2, 0.25) is 0 Å². The molecule has 0 radical (unpaired) electrons. The van der Waals surface area contributed by atoms with Crippen LogP contribution >= 0.6 is 0 Å². The highest BCUT2D eigenvalue weighted by Gasteiger charge is 2.20. The first-order valence-electron chi connectivity index (χ1n) is 4.40. The summed E-state index contributed by atoms with van der Waals surface area (Å²) in [5.74, 6) is 0. The Morgan fingerprint density at radius 1 is 1.58 bits per heavy atom. The molecule has 12 heavy (non-hydrogen) atoms. The lowest BCUT2D eigenvalue weighted by molar-refractivity contribution is 0.220. The average Bonchev–Trinajstić information content (AvgIpc) is 2.29. The van der Waals surface area contributed by atoms with Gasteiger partial charge in [0.25, 0.3) is 0 Å². The fourth-order valence-electron chi connectivity index (χ4n) is 1.94. The molecule has 2 heterocycles. The molecule has 66 valence electrons. The van der Waals surface area contributed by atoms with Gasteiger partial charge in [-0.25, -0.2) is 0 Å². The molecule has 0 bridgehead atoms. The van der Waals surface area contributed by atoms with E-state index in [4.69, 9.17) is 0 Å². The Hall–Kier alpha value is -0.830. The Bertz CT molecular complexity index is 290. The lowest BCUT2D eigenvalue weighted by Gasteiger charge is -2.28. The van der Waals surface area contributed by atoms with Crippen molar-refractivity contribution in [1.82, 2.24) is 14.7 Å². The van der Waals surface area contributed by atoms with Crippen LogP contribution < -0.4 is 0 Å². The van der Waals surface area contributed by atoms with Crippen LogP contribution in [0.15, 0.2) is 6.07 Å². The normalized spacial score (nSPS) is 24.1. The second-order valence-electron chi connectivity index (χ2n) is 3.77. The predicted octanol–water partition coefficient (Wildman–Crippen LogP) is 1.20. The van der Waals surface area contributed by atoms with Crippen molar-refractivity contribution in [1.29, 1.82) is 0 Å². The summed E-state index contributed by atoms with van der Waals surface area (Å²) in [6.45, 7) is 6.41. The molecule has 1 aliphatic heterocycles.